The molecular formula is C11H13N5O4S2. The molecule has 0 N–H and O–H groups in total. The van der Waals surface area contributed by atoms with Gasteiger partial charge in [0.15, 0.2) is 0 Å². The number of nitrogens with zero attached hydrogens (tertiary/aromatic N) is 5. The minimum Gasteiger partial charge on any atom is -0.726 e. The van der Waals surface area contributed by atoms with E-state index in [1.807, 2.05) is 0 Å². The van der Waals surface area contributed by atoms with Crippen LogP contribution >= 0.6 is 11.3 Å². The number of hydrogen-bond acceptors (Lipinski definition) is 10. The van der Waals surface area contributed by atoms with Crippen molar-refractivity contribution in [3.8, 4) is 0 Å². The monoisotopic (exact) mass is 343 g/mol. The van der Waals surface area contributed by atoms with Gasteiger partial charge in [-0.2, -0.15) is 0 Å². The molecule has 0 fully saturated rings. The van der Waals surface area contributed by atoms with Crippen LogP contribution < -0.4 is 4.90 Å². The fraction of sp³-hybridized carbons (Fsp3) is 0.273. The van der Waals surface area contributed by atoms with Gasteiger partial charge in [-0.25, -0.2) is 8.42 Å². The van der Waals surface area contributed by atoms with E-state index in [1.54, 1.807) is 41.7 Å². The molecular weight excluding hydrogens is 330 g/mol. The van der Waals surface area contributed by atoms with E-state index in [4.69, 9.17) is 0 Å². The van der Waals surface area contributed by atoms with E-state index in [9.17, 15) is 13.0 Å². The maximum atomic E-state index is 10.3. The minimum atomic E-state index is -4.65. The van der Waals surface area contributed by atoms with Crippen LogP contribution in [0.5, 0.6) is 0 Å². The quantitative estimate of drug-likeness (QED) is 0.428. The molecule has 2 aromatic rings. The summed E-state index contributed by atoms with van der Waals surface area (Å²) >= 11 is 1.28. The molecule has 9 nitrogen and oxygen atoms in total. The third-order valence-corrected chi connectivity index (χ3v) is 3.57. The molecule has 0 unspecified atom stereocenters. The van der Waals surface area contributed by atoms with Crippen molar-refractivity contribution in [2.75, 3.05) is 25.1 Å². The first kappa shape index (κ1) is 16.4. The average molecular weight is 343 g/mol. The molecule has 1 aromatic heterocycles. The highest BCUT2D eigenvalue weighted by Gasteiger charge is 2.03. The SMILES string of the molecule is CN(CCOS(=O)(=O)[O-])c1ccc(N=Nc2nncs2)cc1.[H+]. The fourth-order valence-electron chi connectivity index (χ4n) is 1.49. The van der Waals surface area contributed by atoms with E-state index >= 15 is 0 Å². The van der Waals surface area contributed by atoms with E-state index in [0.29, 0.717) is 10.8 Å². The van der Waals surface area contributed by atoms with E-state index < -0.39 is 10.4 Å². The largest absolute Gasteiger partial charge is 1.00 e. The molecule has 0 aliphatic carbocycles. The number of aromatic nitrogens is 2. The first-order valence-electron chi connectivity index (χ1n) is 6.03. The number of anilines is 1. The zero-order valence-electron chi connectivity index (χ0n) is 12.5. The van der Waals surface area contributed by atoms with Crippen molar-refractivity contribution in [1.29, 1.82) is 0 Å². The fourth-order valence-corrected chi connectivity index (χ4v) is 2.14. The van der Waals surface area contributed by atoms with Crippen molar-refractivity contribution >= 4 is 38.2 Å². The van der Waals surface area contributed by atoms with Crippen molar-refractivity contribution in [2.45, 2.75) is 0 Å². The first-order chi connectivity index (χ1) is 10.4. The molecule has 0 spiro atoms. The van der Waals surface area contributed by atoms with Gasteiger partial charge in [0.2, 0.25) is 10.4 Å². The molecule has 0 bridgehead atoms. The predicted molar refractivity (Wildman–Crippen MR) is 80.6 cm³/mol. The lowest BCUT2D eigenvalue weighted by Crippen LogP contribution is -2.23. The van der Waals surface area contributed by atoms with Gasteiger partial charge < -0.3 is 9.45 Å². The molecule has 0 radical (unpaired) electrons. The first-order valence-corrected chi connectivity index (χ1v) is 8.25. The van der Waals surface area contributed by atoms with Crippen LogP contribution in [0.15, 0.2) is 40.0 Å². The maximum Gasteiger partial charge on any atom is 1.00 e. The molecule has 1 heterocycles. The lowest BCUT2D eigenvalue weighted by Gasteiger charge is -2.19. The summed E-state index contributed by atoms with van der Waals surface area (Å²) in [6.07, 6.45) is 0. The Kier molecular flexibility index (Phi) is 5.49. The van der Waals surface area contributed by atoms with Gasteiger partial charge in [0.25, 0.3) is 5.13 Å². The van der Waals surface area contributed by atoms with E-state index in [-0.39, 0.29) is 14.6 Å². The van der Waals surface area contributed by atoms with Gasteiger partial charge >= 0.3 is 1.43 Å². The Morgan fingerprint density at radius 3 is 2.68 bits per heavy atom. The summed E-state index contributed by atoms with van der Waals surface area (Å²) in [4.78, 5) is 1.75. The highest BCUT2D eigenvalue weighted by atomic mass is 32.3. The van der Waals surface area contributed by atoms with Crippen molar-refractivity contribution < 1.29 is 18.6 Å². The van der Waals surface area contributed by atoms with E-state index in [2.05, 4.69) is 24.6 Å². The highest BCUT2D eigenvalue weighted by molar-refractivity contribution is 7.80. The molecule has 0 saturated carbocycles. The van der Waals surface area contributed by atoms with Gasteiger partial charge in [-0.3, -0.25) is 4.18 Å². The molecule has 0 saturated heterocycles. The summed E-state index contributed by atoms with van der Waals surface area (Å²) in [6.45, 7) is 0.0496. The smallest absolute Gasteiger partial charge is 0.726 e. The average Bonchev–Trinajstić information content (AvgIpc) is 2.97. The number of hydrogen-bond donors (Lipinski definition) is 0. The summed E-state index contributed by atoms with van der Waals surface area (Å²) in [6, 6.07) is 7.09. The molecule has 0 aliphatic rings. The molecule has 118 valence electrons. The number of azo groups is 1. The van der Waals surface area contributed by atoms with E-state index in [1.165, 1.54) is 11.3 Å². The second-order valence-electron chi connectivity index (χ2n) is 4.09. The third kappa shape index (κ3) is 5.44. The van der Waals surface area contributed by atoms with Crippen LogP contribution in [0.2, 0.25) is 0 Å². The standard InChI is InChI=1S/C11H13N5O4S2/c1-16(6-7-20-22(17,18)19)10-4-2-9(3-5-10)13-15-11-14-12-8-21-11/h2-5,8H,6-7H2,1H3,(H,17,18,19). The van der Waals surface area contributed by atoms with E-state index in [0.717, 1.165) is 5.69 Å². The Morgan fingerprint density at radius 1 is 1.36 bits per heavy atom. The zero-order valence-corrected chi connectivity index (χ0v) is 13.1. The van der Waals surface area contributed by atoms with Crippen LogP contribution in [0.1, 0.15) is 1.43 Å². The van der Waals surface area contributed by atoms with Crippen molar-refractivity contribution in [2.24, 2.45) is 10.2 Å². The van der Waals surface area contributed by atoms with Crippen molar-refractivity contribution in [1.82, 2.24) is 10.2 Å². The Balaban J connectivity index is 0.00000264. The summed E-state index contributed by atoms with van der Waals surface area (Å²) in [5.41, 5.74) is 3.03. The van der Waals surface area contributed by atoms with Gasteiger partial charge in [0.1, 0.15) is 5.51 Å². The Labute approximate surface area is 132 Å². The van der Waals surface area contributed by atoms with Crippen LogP contribution in [-0.4, -0.2) is 43.4 Å². The number of rotatable bonds is 7. The maximum absolute atomic E-state index is 10.3. The van der Waals surface area contributed by atoms with Crippen LogP contribution in [0.4, 0.5) is 16.5 Å². The van der Waals surface area contributed by atoms with Crippen molar-refractivity contribution in [3.05, 3.63) is 29.8 Å². The number of likely N-dealkylation sites (N-methyl/N-ethyl adjacent to an activating group) is 1. The molecule has 0 aliphatic heterocycles. The lowest BCUT2D eigenvalue weighted by molar-refractivity contribution is 0.267. The number of benzene rings is 1. The highest BCUT2D eigenvalue weighted by Crippen LogP contribution is 2.22. The van der Waals surface area contributed by atoms with Gasteiger partial charge in [-0.1, -0.05) is 11.3 Å². The zero-order chi connectivity index (χ0) is 16.0. The summed E-state index contributed by atoms with van der Waals surface area (Å²) in [5, 5.41) is 15.8. The molecule has 2 rings (SSSR count). The van der Waals surface area contributed by atoms with Crippen molar-refractivity contribution in [3.63, 3.8) is 0 Å². The summed E-state index contributed by atoms with van der Waals surface area (Å²) in [5.74, 6) is 0. The normalized spacial score (nSPS) is 11.9. The van der Waals surface area contributed by atoms with Crippen LogP contribution in [0.3, 0.4) is 0 Å². The minimum absolute atomic E-state index is 0. The molecule has 0 amide bonds. The Morgan fingerprint density at radius 2 is 2.09 bits per heavy atom. The molecule has 11 heteroatoms. The second kappa shape index (κ2) is 7.35. The Bertz CT molecular complexity index is 721. The van der Waals surface area contributed by atoms with Crippen LogP contribution in [-0.2, 0) is 14.6 Å². The molecule has 0 atom stereocenters. The summed E-state index contributed by atoms with van der Waals surface area (Å²) < 4.78 is 35.2. The van der Waals surface area contributed by atoms with Gasteiger partial charge in [-0.05, 0) is 24.3 Å². The van der Waals surface area contributed by atoms with Crippen LogP contribution in [0.25, 0.3) is 0 Å². The van der Waals surface area contributed by atoms with Crippen LogP contribution in [0, 0.1) is 0 Å². The predicted octanol–water partition coefficient (Wildman–Crippen LogP) is 1.98. The molecule has 1 aromatic carbocycles. The lowest BCUT2D eigenvalue weighted by atomic mass is 10.2. The Hall–Kier alpha value is -1.95. The van der Waals surface area contributed by atoms with Gasteiger partial charge in [0, 0.05) is 19.3 Å². The summed E-state index contributed by atoms with van der Waals surface area (Å²) in [7, 11) is -2.90. The van der Waals surface area contributed by atoms with Gasteiger partial charge in [0.05, 0.1) is 12.3 Å². The molecule has 22 heavy (non-hydrogen) atoms. The third-order valence-electron chi connectivity index (χ3n) is 2.54. The second-order valence-corrected chi connectivity index (χ2v) is 5.95. The van der Waals surface area contributed by atoms with Gasteiger partial charge in [-0.15, -0.1) is 20.4 Å². The topological polar surface area (TPSA) is 120 Å².